The molecule has 2 atom stereocenters. The van der Waals surface area contributed by atoms with Gasteiger partial charge in [0.15, 0.2) is 0 Å². The summed E-state index contributed by atoms with van der Waals surface area (Å²) in [5.41, 5.74) is 7.49. The van der Waals surface area contributed by atoms with E-state index in [-0.39, 0.29) is 18.1 Å². The summed E-state index contributed by atoms with van der Waals surface area (Å²) in [4.78, 5) is 12.0. The Bertz CT molecular complexity index is 467. The van der Waals surface area contributed by atoms with E-state index in [0.29, 0.717) is 6.42 Å². The van der Waals surface area contributed by atoms with Gasteiger partial charge in [-0.2, -0.15) is 0 Å². The van der Waals surface area contributed by atoms with Gasteiger partial charge in [-0.3, -0.25) is 0 Å². The minimum Gasteiger partial charge on any atom is -0.399 e. The number of nitrogens with one attached hydrogen (secondary N) is 2. The second kappa shape index (κ2) is 8.84. The van der Waals surface area contributed by atoms with Crippen molar-refractivity contribution in [1.29, 1.82) is 0 Å². The summed E-state index contributed by atoms with van der Waals surface area (Å²) in [6, 6.07) is 7.28. The highest BCUT2D eigenvalue weighted by Gasteiger charge is 2.12. The maximum Gasteiger partial charge on any atom is 0.315 e. The lowest BCUT2D eigenvalue weighted by Gasteiger charge is -2.19. The number of nitrogens with two attached hydrogens (primary N) is 1. The highest BCUT2D eigenvalue weighted by Crippen LogP contribution is 2.08. The fourth-order valence-electron chi connectivity index (χ4n) is 2.04. The number of rotatable bonds is 8. The Labute approximate surface area is 127 Å². The molecular formula is C17H25N3O. The summed E-state index contributed by atoms with van der Waals surface area (Å²) in [6.07, 6.45) is 6.05. The number of urea groups is 1. The molecule has 114 valence electrons. The second-order valence-corrected chi connectivity index (χ2v) is 5.04. The molecule has 1 rings (SSSR count). The first-order valence-electron chi connectivity index (χ1n) is 7.25. The van der Waals surface area contributed by atoms with E-state index in [2.05, 4.69) is 30.7 Å². The third-order valence-corrected chi connectivity index (χ3v) is 3.24. The highest BCUT2D eigenvalue weighted by atomic mass is 16.2. The predicted molar refractivity (Wildman–Crippen MR) is 89.1 cm³/mol. The first-order chi connectivity index (χ1) is 10.1. The van der Waals surface area contributed by atoms with Crippen LogP contribution >= 0.6 is 0 Å². The van der Waals surface area contributed by atoms with Crippen LogP contribution in [0.25, 0.3) is 0 Å². The summed E-state index contributed by atoms with van der Waals surface area (Å²) in [5.74, 6) is 0. The number of nitrogen functional groups attached to an aromatic ring is 1. The lowest BCUT2D eigenvalue weighted by Crippen LogP contribution is -2.45. The third-order valence-electron chi connectivity index (χ3n) is 3.24. The van der Waals surface area contributed by atoms with Crippen LogP contribution in [0.4, 0.5) is 10.5 Å². The van der Waals surface area contributed by atoms with Crippen molar-refractivity contribution >= 4 is 11.7 Å². The van der Waals surface area contributed by atoms with E-state index in [1.807, 2.05) is 24.3 Å². The Kier molecular flexibility index (Phi) is 7.09. The number of benzene rings is 1. The summed E-state index contributed by atoms with van der Waals surface area (Å²) >= 11 is 0. The maximum atomic E-state index is 12.0. The molecule has 4 heteroatoms. The van der Waals surface area contributed by atoms with Gasteiger partial charge in [-0.1, -0.05) is 37.6 Å². The smallest absolute Gasteiger partial charge is 0.315 e. The molecule has 0 radical (unpaired) electrons. The van der Waals surface area contributed by atoms with E-state index >= 15 is 0 Å². The quantitative estimate of drug-likeness (QED) is 0.508. The van der Waals surface area contributed by atoms with Crippen molar-refractivity contribution in [2.45, 2.75) is 38.3 Å². The molecular weight excluding hydrogens is 262 g/mol. The van der Waals surface area contributed by atoms with Gasteiger partial charge in [-0.25, -0.2) is 4.79 Å². The third kappa shape index (κ3) is 6.17. The van der Waals surface area contributed by atoms with Gasteiger partial charge in [0.25, 0.3) is 0 Å². The van der Waals surface area contributed by atoms with E-state index in [1.54, 1.807) is 12.2 Å². The number of carbonyl (C=O) groups excluding carboxylic acids is 1. The van der Waals surface area contributed by atoms with E-state index in [0.717, 1.165) is 24.1 Å². The molecule has 2 unspecified atom stereocenters. The van der Waals surface area contributed by atoms with E-state index in [9.17, 15) is 4.79 Å². The first-order valence-corrected chi connectivity index (χ1v) is 7.25. The number of hydrogen-bond donors (Lipinski definition) is 3. The number of amides is 2. The molecule has 0 aromatic heterocycles. The topological polar surface area (TPSA) is 67.2 Å². The number of anilines is 1. The highest BCUT2D eigenvalue weighted by molar-refractivity contribution is 5.75. The minimum atomic E-state index is -0.200. The SMILES string of the molecule is C=CC(CCC)NC(=O)NC(C=C)Cc1ccc(N)cc1. The van der Waals surface area contributed by atoms with Crippen LogP contribution in [0.15, 0.2) is 49.6 Å². The van der Waals surface area contributed by atoms with Crippen LogP contribution in [0.5, 0.6) is 0 Å². The van der Waals surface area contributed by atoms with Crippen LogP contribution < -0.4 is 16.4 Å². The molecule has 0 aliphatic rings. The van der Waals surface area contributed by atoms with Crippen LogP contribution in [-0.4, -0.2) is 18.1 Å². The summed E-state index contributed by atoms with van der Waals surface area (Å²) in [5, 5.41) is 5.80. The molecule has 0 heterocycles. The van der Waals surface area contributed by atoms with Crippen LogP contribution in [-0.2, 0) is 6.42 Å². The van der Waals surface area contributed by atoms with Crippen LogP contribution in [0, 0.1) is 0 Å². The van der Waals surface area contributed by atoms with Crippen molar-refractivity contribution < 1.29 is 4.79 Å². The Morgan fingerprint density at radius 3 is 2.29 bits per heavy atom. The van der Waals surface area contributed by atoms with E-state index in [4.69, 9.17) is 5.73 Å². The summed E-state index contributed by atoms with van der Waals surface area (Å²) in [6.45, 7) is 9.58. The Hall–Kier alpha value is -2.23. The van der Waals surface area contributed by atoms with Crippen molar-refractivity contribution in [2.24, 2.45) is 0 Å². The zero-order chi connectivity index (χ0) is 15.7. The molecule has 4 nitrogen and oxygen atoms in total. The fourth-order valence-corrected chi connectivity index (χ4v) is 2.04. The molecule has 0 aliphatic heterocycles. The molecule has 0 aliphatic carbocycles. The van der Waals surface area contributed by atoms with E-state index in [1.165, 1.54) is 0 Å². The first kappa shape index (κ1) is 16.8. The van der Waals surface area contributed by atoms with Gasteiger partial charge < -0.3 is 16.4 Å². The van der Waals surface area contributed by atoms with Crippen molar-refractivity contribution in [3.05, 3.63) is 55.1 Å². The molecule has 1 aromatic rings. The molecule has 0 fully saturated rings. The summed E-state index contributed by atoms with van der Waals surface area (Å²) in [7, 11) is 0. The van der Waals surface area contributed by atoms with Crippen molar-refractivity contribution in [1.82, 2.24) is 10.6 Å². The van der Waals surface area contributed by atoms with Gasteiger partial charge in [0.1, 0.15) is 0 Å². The molecule has 0 bridgehead atoms. The fraction of sp³-hybridized carbons (Fsp3) is 0.353. The Morgan fingerprint density at radius 1 is 1.19 bits per heavy atom. The lowest BCUT2D eigenvalue weighted by molar-refractivity contribution is 0.236. The zero-order valence-electron chi connectivity index (χ0n) is 12.6. The molecule has 0 spiro atoms. The molecule has 0 saturated carbocycles. The molecule has 2 amide bonds. The van der Waals surface area contributed by atoms with Crippen molar-refractivity contribution in [3.8, 4) is 0 Å². The van der Waals surface area contributed by atoms with Crippen molar-refractivity contribution in [2.75, 3.05) is 5.73 Å². The second-order valence-electron chi connectivity index (χ2n) is 5.04. The van der Waals surface area contributed by atoms with Gasteiger partial charge in [0, 0.05) is 11.7 Å². The molecule has 1 aromatic carbocycles. The Balaban J connectivity index is 2.53. The molecule has 4 N–H and O–H groups in total. The van der Waals surface area contributed by atoms with Gasteiger partial charge in [0.05, 0.1) is 6.04 Å². The van der Waals surface area contributed by atoms with Crippen LogP contribution in [0.1, 0.15) is 25.3 Å². The maximum absolute atomic E-state index is 12.0. The average Bonchev–Trinajstić information content (AvgIpc) is 2.48. The van der Waals surface area contributed by atoms with Crippen LogP contribution in [0.3, 0.4) is 0 Å². The van der Waals surface area contributed by atoms with Gasteiger partial charge in [-0.15, -0.1) is 13.2 Å². The largest absolute Gasteiger partial charge is 0.399 e. The van der Waals surface area contributed by atoms with Gasteiger partial charge >= 0.3 is 6.03 Å². The van der Waals surface area contributed by atoms with Gasteiger partial charge in [0.2, 0.25) is 0 Å². The number of hydrogen-bond acceptors (Lipinski definition) is 2. The summed E-state index contributed by atoms with van der Waals surface area (Å²) < 4.78 is 0. The Morgan fingerprint density at radius 2 is 1.76 bits per heavy atom. The van der Waals surface area contributed by atoms with Crippen LogP contribution in [0.2, 0.25) is 0 Å². The van der Waals surface area contributed by atoms with E-state index < -0.39 is 0 Å². The standard InChI is InChI=1S/C17H25N3O/c1-4-7-15(5-2)19-17(21)20-16(6-3)12-13-8-10-14(18)11-9-13/h5-6,8-11,15-16H,2-4,7,12,18H2,1H3,(H2,19,20,21). The lowest BCUT2D eigenvalue weighted by atomic mass is 10.1. The molecule has 21 heavy (non-hydrogen) atoms. The zero-order valence-corrected chi connectivity index (χ0v) is 12.6. The average molecular weight is 287 g/mol. The van der Waals surface area contributed by atoms with Gasteiger partial charge in [-0.05, 0) is 30.5 Å². The monoisotopic (exact) mass is 287 g/mol. The molecule has 0 saturated heterocycles. The predicted octanol–water partition coefficient (Wildman–Crippen LogP) is 3.02. The van der Waals surface area contributed by atoms with Crippen molar-refractivity contribution in [3.63, 3.8) is 0 Å². The normalized spacial score (nSPS) is 13.0. The number of carbonyl (C=O) groups is 1. The minimum absolute atomic E-state index is 0.00279.